The van der Waals surface area contributed by atoms with Crippen molar-refractivity contribution in [2.45, 2.75) is 0 Å². The number of piperazine rings is 1. The third kappa shape index (κ3) is 4.34. The Morgan fingerprint density at radius 2 is 2.05 bits per heavy atom. The first-order valence-corrected chi connectivity index (χ1v) is 7.23. The maximum atomic E-state index is 12.2. The van der Waals surface area contributed by atoms with E-state index in [0.29, 0.717) is 23.5 Å². The molecular formula is C15H24N4O2. The van der Waals surface area contributed by atoms with Crippen LogP contribution in [0.1, 0.15) is 10.4 Å². The Bertz CT molecular complexity index is 485. The zero-order valence-electron chi connectivity index (χ0n) is 12.8. The van der Waals surface area contributed by atoms with Gasteiger partial charge in [0.2, 0.25) is 0 Å². The maximum absolute atomic E-state index is 12.2. The predicted octanol–water partition coefficient (Wildman–Crippen LogP) is 0.255. The number of nitrogen functional groups attached to an aromatic ring is 1. The first-order valence-electron chi connectivity index (χ1n) is 7.23. The SMILES string of the molecule is COc1ccc(N)cc1C(=O)NCCN1CCN(C)CC1. The molecular weight excluding hydrogens is 268 g/mol. The lowest BCUT2D eigenvalue weighted by molar-refractivity contribution is 0.0938. The maximum Gasteiger partial charge on any atom is 0.255 e. The first-order chi connectivity index (χ1) is 10.1. The molecule has 1 saturated heterocycles. The van der Waals surface area contributed by atoms with Gasteiger partial charge >= 0.3 is 0 Å². The van der Waals surface area contributed by atoms with Crippen molar-refractivity contribution in [3.8, 4) is 5.75 Å². The standard InChI is InChI=1S/C15H24N4O2/c1-18-7-9-19(10-8-18)6-5-17-15(20)13-11-12(16)3-4-14(13)21-2/h3-4,11H,5-10,16H2,1-2H3,(H,17,20). The van der Waals surface area contributed by atoms with Crippen LogP contribution in [0.15, 0.2) is 18.2 Å². The van der Waals surface area contributed by atoms with Crippen molar-refractivity contribution in [3.05, 3.63) is 23.8 Å². The van der Waals surface area contributed by atoms with Crippen molar-refractivity contribution < 1.29 is 9.53 Å². The Kier molecular flexibility index (Phi) is 5.41. The van der Waals surface area contributed by atoms with Crippen molar-refractivity contribution in [2.24, 2.45) is 0 Å². The summed E-state index contributed by atoms with van der Waals surface area (Å²) in [7, 11) is 3.68. The molecule has 1 amide bonds. The van der Waals surface area contributed by atoms with Crippen molar-refractivity contribution >= 4 is 11.6 Å². The molecule has 1 aromatic carbocycles. The summed E-state index contributed by atoms with van der Waals surface area (Å²) in [6.07, 6.45) is 0. The molecule has 1 fully saturated rings. The molecule has 1 aliphatic heterocycles. The summed E-state index contributed by atoms with van der Waals surface area (Å²) in [4.78, 5) is 16.9. The largest absolute Gasteiger partial charge is 0.496 e. The highest BCUT2D eigenvalue weighted by molar-refractivity contribution is 5.97. The molecule has 0 atom stereocenters. The molecule has 1 aliphatic rings. The quantitative estimate of drug-likeness (QED) is 0.762. The van der Waals surface area contributed by atoms with E-state index < -0.39 is 0 Å². The number of likely N-dealkylation sites (N-methyl/N-ethyl adjacent to an activating group) is 1. The summed E-state index contributed by atoms with van der Waals surface area (Å²) < 4.78 is 5.20. The fourth-order valence-corrected chi connectivity index (χ4v) is 2.40. The highest BCUT2D eigenvalue weighted by Gasteiger charge is 2.15. The van der Waals surface area contributed by atoms with Gasteiger partial charge in [0, 0.05) is 45.0 Å². The van der Waals surface area contributed by atoms with E-state index >= 15 is 0 Å². The summed E-state index contributed by atoms with van der Waals surface area (Å²) in [5.41, 5.74) is 6.77. The van der Waals surface area contributed by atoms with Crippen molar-refractivity contribution in [1.82, 2.24) is 15.1 Å². The minimum absolute atomic E-state index is 0.145. The van der Waals surface area contributed by atoms with Crippen LogP contribution < -0.4 is 15.8 Å². The molecule has 0 bridgehead atoms. The number of carbonyl (C=O) groups is 1. The third-order valence-electron chi connectivity index (χ3n) is 3.78. The van der Waals surface area contributed by atoms with Crippen LogP contribution in [0.2, 0.25) is 0 Å². The lowest BCUT2D eigenvalue weighted by Crippen LogP contribution is -2.46. The van der Waals surface area contributed by atoms with Gasteiger partial charge in [-0.2, -0.15) is 0 Å². The van der Waals surface area contributed by atoms with E-state index in [1.807, 2.05) is 0 Å². The average Bonchev–Trinajstić information content (AvgIpc) is 2.49. The number of methoxy groups -OCH3 is 1. The fourth-order valence-electron chi connectivity index (χ4n) is 2.40. The van der Waals surface area contributed by atoms with Gasteiger partial charge in [0.1, 0.15) is 5.75 Å². The number of hydrogen-bond acceptors (Lipinski definition) is 5. The fraction of sp³-hybridized carbons (Fsp3) is 0.533. The molecule has 2 rings (SSSR count). The van der Waals surface area contributed by atoms with Gasteiger partial charge in [-0.15, -0.1) is 0 Å². The highest BCUT2D eigenvalue weighted by Crippen LogP contribution is 2.20. The molecule has 6 nitrogen and oxygen atoms in total. The van der Waals surface area contributed by atoms with Crippen LogP contribution in [0.5, 0.6) is 5.75 Å². The normalized spacial score (nSPS) is 16.7. The third-order valence-corrected chi connectivity index (χ3v) is 3.78. The van der Waals surface area contributed by atoms with Gasteiger partial charge in [-0.25, -0.2) is 0 Å². The van der Waals surface area contributed by atoms with Crippen molar-refractivity contribution in [3.63, 3.8) is 0 Å². The molecule has 116 valence electrons. The monoisotopic (exact) mass is 292 g/mol. The van der Waals surface area contributed by atoms with Crippen LogP contribution in [0, 0.1) is 0 Å². The number of rotatable bonds is 5. The second-order valence-corrected chi connectivity index (χ2v) is 5.36. The molecule has 0 spiro atoms. The summed E-state index contributed by atoms with van der Waals surface area (Å²) in [5.74, 6) is 0.398. The van der Waals surface area contributed by atoms with Crippen LogP contribution in [-0.2, 0) is 0 Å². The van der Waals surface area contributed by atoms with E-state index in [4.69, 9.17) is 10.5 Å². The number of ether oxygens (including phenoxy) is 1. The minimum Gasteiger partial charge on any atom is -0.496 e. The highest BCUT2D eigenvalue weighted by atomic mass is 16.5. The van der Waals surface area contributed by atoms with E-state index in [9.17, 15) is 4.79 Å². The summed E-state index contributed by atoms with van der Waals surface area (Å²) >= 11 is 0. The lowest BCUT2D eigenvalue weighted by atomic mass is 10.1. The second-order valence-electron chi connectivity index (χ2n) is 5.36. The number of benzene rings is 1. The molecule has 21 heavy (non-hydrogen) atoms. The zero-order valence-corrected chi connectivity index (χ0v) is 12.8. The lowest BCUT2D eigenvalue weighted by Gasteiger charge is -2.32. The molecule has 0 aromatic heterocycles. The smallest absolute Gasteiger partial charge is 0.255 e. The number of carbonyl (C=O) groups excluding carboxylic acids is 1. The Hall–Kier alpha value is -1.79. The Morgan fingerprint density at radius 3 is 2.71 bits per heavy atom. The van der Waals surface area contributed by atoms with Crippen LogP contribution in [0.25, 0.3) is 0 Å². The van der Waals surface area contributed by atoms with E-state index in [2.05, 4.69) is 22.2 Å². The topological polar surface area (TPSA) is 70.8 Å². The number of hydrogen-bond donors (Lipinski definition) is 2. The number of anilines is 1. The Morgan fingerprint density at radius 1 is 1.33 bits per heavy atom. The van der Waals surface area contributed by atoms with Gasteiger partial charge in [0.05, 0.1) is 12.7 Å². The van der Waals surface area contributed by atoms with Gasteiger partial charge in [-0.1, -0.05) is 0 Å². The zero-order chi connectivity index (χ0) is 15.2. The Balaban J connectivity index is 1.83. The van der Waals surface area contributed by atoms with Crippen LogP contribution in [-0.4, -0.2) is 69.1 Å². The number of amides is 1. The molecule has 0 aliphatic carbocycles. The van der Waals surface area contributed by atoms with Crippen LogP contribution >= 0.6 is 0 Å². The predicted molar refractivity (Wildman–Crippen MR) is 83.7 cm³/mol. The average molecular weight is 292 g/mol. The molecule has 1 heterocycles. The molecule has 6 heteroatoms. The van der Waals surface area contributed by atoms with E-state index in [1.165, 1.54) is 0 Å². The number of nitrogens with zero attached hydrogens (tertiary/aromatic N) is 2. The molecule has 3 N–H and O–H groups in total. The van der Waals surface area contributed by atoms with Crippen molar-refractivity contribution in [1.29, 1.82) is 0 Å². The van der Waals surface area contributed by atoms with Gasteiger partial charge < -0.3 is 20.7 Å². The number of nitrogens with two attached hydrogens (primary N) is 1. The van der Waals surface area contributed by atoms with E-state index in [0.717, 1.165) is 32.7 Å². The molecule has 0 saturated carbocycles. The molecule has 1 aromatic rings. The summed E-state index contributed by atoms with van der Waals surface area (Å²) in [5, 5.41) is 2.93. The van der Waals surface area contributed by atoms with Gasteiger partial charge in [0.25, 0.3) is 5.91 Å². The van der Waals surface area contributed by atoms with Crippen LogP contribution in [0.4, 0.5) is 5.69 Å². The minimum atomic E-state index is -0.145. The van der Waals surface area contributed by atoms with Crippen molar-refractivity contribution in [2.75, 3.05) is 59.2 Å². The summed E-state index contributed by atoms with van der Waals surface area (Å²) in [6, 6.07) is 5.08. The van der Waals surface area contributed by atoms with Gasteiger partial charge in [0.15, 0.2) is 0 Å². The second kappa shape index (κ2) is 7.28. The summed E-state index contributed by atoms with van der Waals surface area (Å²) in [6.45, 7) is 5.75. The van der Waals surface area contributed by atoms with Crippen LogP contribution in [0.3, 0.4) is 0 Å². The Labute approximate surface area is 125 Å². The molecule has 0 radical (unpaired) electrons. The van der Waals surface area contributed by atoms with E-state index in [1.54, 1.807) is 25.3 Å². The first kappa shape index (κ1) is 15.6. The van der Waals surface area contributed by atoms with Gasteiger partial charge in [-0.3, -0.25) is 9.69 Å². The molecule has 0 unspecified atom stereocenters. The number of nitrogens with one attached hydrogen (secondary N) is 1. The van der Waals surface area contributed by atoms with Gasteiger partial charge in [-0.05, 0) is 25.2 Å². The van der Waals surface area contributed by atoms with E-state index in [-0.39, 0.29) is 5.91 Å².